The average molecular weight is 209 g/mol. The van der Waals surface area contributed by atoms with E-state index in [1.165, 1.54) is 0 Å². The Morgan fingerprint density at radius 1 is 1.47 bits per heavy atom. The summed E-state index contributed by atoms with van der Waals surface area (Å²) in [6.45, 7) is 13.0. The van der Waals surface area contributed by atoms with Crippen molar-refractivity contribution in [1.82, 2.24) is 15.3 Å². The van der Waals surface area contributed by atoms with Crippen LogP contribution in [0.1, 0.15) is 39.2 Å². The summed E-state index contributed by atoms with van der Waals surface area (Å²) in [5.74, 6) is 1.67. The highest BCUT2D eigenvalue weighted by atomic mass is 15.0. The number of aromatic nitrogens is 2. The summed E-state index contributed by atoms with van der Waals surface area (Å²) < 4.78 is 0. The summed E-state index contributed by atoms with van der Waals surface area (Å²) in [6.07, 6.45) is 1.89. The molecule has 1 heterocycles. The van der Waals surface area contributed by atoms with Crippen molar-refractivity contribution in [1.29, 1.82) is 0 Å². The number of aromatic amines is 1. The quantitative estimate of drug-likeness (QED) is 0.782. The highest BCUT2D eigenvalue weighted by molar-refractivity contribution is 4.99. The molecule has 3 heteroatoms. The van der Waals surface area contributed by atoms with Gasteiger partial charge in [0.15, 0.2) is 0 Å². The lowest BCUT2D eigenvalue weighted by Gasteiger charge is -2.29. The molecule has 0 saturated carbocycles. The van der Waals surface area contributed by atoms with Gasteiger partial charge in [-0.15, -0.1) is 0 Å². The van der Waals surface area contributed by atoms with Gasteiger partial charge in [-0.3, -0.25) is 0 Å². The molecule has 0 spiro atoms. The van der Waals surface area contributed by atoms with E-state index in [1.54, 1.807) is 0 Å². The van der Waals surface area contributed by atoms with Gasteiger partial charge in [-0.25, -0.2) is 4.98 Å². The molecule has 0 saturated heterocycles. The second kappa shape index (κ2) is 4.79. The fraction of sp³-hybridized carbons (Fsp3) is 0.750. The normalized spacial score (nSPS) is 12.4. The van der Waals surface area contributed by atoms with Crippen molar-refractivity contribution in [2.45, 2.75) is 41.2 Å². The monoisotopic (exact) mass is 209 g/mol. The van der Waals surface area contributed by atoms with Crippen LogP contribution in [0.25, 0.3) is 0 Å². The van der Waals surface area contributed by atoms with E-state index in [0.717, 1.165) is 24.6 Å². The topological polar surface area (TPSA) is 40.7 Å². The van der Waals surface area contributed by atoms with Crippen molar-refractivity contribution < 1.29 is 0 Å². The van der Waals surface area contributed by atoms with Crippen LogP contribution in [0.15, 0.2) is 6.20 Å². The Kier molecular flexibility index (Phi) is 3.91. The number of nitrogens with one attached hydrogen (secondary N) is 2. The van der Waals surface area contributed by atoms with E-state index in [9.17, 15) is 0 Å². The fourth-order valence-electron chi connectivity index (χ4n) is 1.28. The first-order valence-electron chi connectivity index (χ1n) is 5.63. The van der Waals surface area contributed by atoms with Gasteiger partial charge in [-0.1, -0.05) is 27.7 Å². The Labute approximate surface area is 92.7 Å². The molecule has 0 atom stereocenters. The minimum Gasteiger partial charge on any atom is -0.345 e. The molecule has 15 heavy (non-hydrogen) atoms. The molecule has 0 unspecified atom stereocenters. The molecular weight excluding hydrogens is 186 g/mol. The predicted octanol–water partition coefficient (Wildman–Crippen LogP) is 2.49. The Balaban J connectivity index is 2.33. The molecule has 2 N–H and O–H groups in total. The average Bonchev–Trinajstić information content (AvgIpc) is 2.51. The molecule has 0 aromatic carbocycles. The lowest BCUT2D eigenvalue weighted by molar-refractivity contribution is 0.237. The third-order valence-corrected chi connectivity index (χ3v) is 3.21. The van der Waals surface area contributed by atoms with Crippen molar-refractivity contribution >= 4 is 0 Å². The van der Waals surface area contributed by atoms with Gasteiger partial charge >= 0.3 is 0 Å². The molecule has 0 fully saturated rings. The van der Waals surface area contributed by atoms with Gasteiger partial charge < -0.3 is 10.3 Å². The predicted molar refractivity (Wildman–Crippen MR) is 63.7 cm³/mol. The molecule has 0 radical (unpaired) electrons. The maximum absolute atomic E-state index is 4.17. The molecule has 0 aliphatic heterocycles. The maximum atomic E-state index is 4.17. The number of hydrogen-bond acceptors (Lipinski definition) is 2. The molecule has 0 amide bonds. The Bertz CT molecular complexity index is 300. The standard InChI is InChI=1S/C12H23N3/c1-9(2)12(4,5)8-13-6-11-7-14-10(3)15-11/h7,9,13H,6,8H2,1-5H3,(H,14,15). The van der Waals surface area contributed by atoms with Gasteiger partial charge in [0.1, 0.15) is 5.82 Å². The third-order valence-electron chi connectivity index (χ3n) is 3.21. The summed E-state index contributed by atoms with van der Waals surface area (Å²) in [7, 11) is 0. The van der Waals surface area contributed by atoms with Crippen LogP contribution in [0, 0.1) is 18.3 Å². The lowest BCUT2D eigenvalue weighted by atomic mass is 9.81. The van der Waals surface area contributed by atoms with Crippen molar-refractivity contribution in [2.75, 3.05) is 6.54 Å². The summed E-state index contributed by atoms with van der Waals surface area (Å²) in [5.41, 5.74) is 1.50. The van der Waals surface area contributed by atoms with E-state index in [0.29, 0.717) is 11.3 Å². The van der Waals surface area contributed by atoms with Crippen LogP contribution in [-0.4, -0.2) is 16.5 Å². The number of hydrogen-bond donors (Lipinski definition) is 2. The largest absolute Gasteiger partial charge is 0.345 e. The first-order chi connectivity index (χ1) is 6.92. The van der Waals surface area contributed by atoms with Crippen LogP contribution in [0.2, 0.25) is 0 Å². The van der Waals surface area contributed by atoms with Crippen molar-refractivity contribution in [2.24, 2.45) is 11.3 Å². The lowest BCUT2D eigenvalue weighted by Crippen LogP contribution is -2.33. The summed E-state index contributed by atoms with van der Waals surface area (Å²) >= 11 is 0. The zero-order chi connectivity index (χ0) is 11.5. The number of imidazole rings is 1. The van der Waals surface area contributed by atoms with E-state index in [4.69, 9.17) is 0 Å². The Hall–Kier alpha value is -0.830. The minimum atomic E-state index is 0.342. The minimum absolute atomic E-state index is 0.342. The zero-order valence-corrected chi connectivity index (χ0v) is 10.5. The van der Waals surface area contributed by atoms with Crippen LogP contribution in [0.3, 0.4) is 0 Å². The molecule has 1 aromatic rings. The molecule has 1 aromatic heterocycles. The zero-order valence-electron chi connectivity index (χ0n) is 10.5. The van der Waals surface area contributed by atoms with Crippen molar-refractivity contribution in [3.05, 3.63) is 17.7 Å². The van der Waals surface area contributed by atoms with Crippen LogP contribution in [-0.2, 0) is 6.54 Å². The van der Waals surface area contributed by atoms with Gasteiger partial charge in [0.25, 0.3) is 0 Å². The van der Waals surface area contributed by atoms with Gasteiger partial charge in [-0.05, 0) is 18.3 Å². The van der Waals surface area contributed by atoms with Gasteiger partial charge in [0.2, 0.25) is 0 Å². The summed E-state index contributed by atoms with van der Waals surface area (Å²) in [5, 5.41) is 3.47. The molecule has 3 nitrogen and oxygen atoms in total. The highest BCUT2D eigenvalue weighted by Crippen LogP contribution is 2.24. The van der Waals surface area contributed by atoms with Crippen molar-refractivity contribution in [3.63, 3.8) is 0 Å². The van der Waals surface area contributed by atoms with Crippen LogP contribution in [0.5, 0.6) is 0 Å². The van der Waals surface area contributed by atoms with Crippen molar-refractivity contribution in [3.8, 4) is 0 Å². The second-order valence-corrected chi connectivity index (χ2v) is 5.24. The van der Waals surface area contributed by atoms with Crippen LogP contribution >= 0.6 is 0 Å². The first-order valence-corrected chi connectivity index (χ1v) is 5.63. The molecular formula is C12H23N3. The van der Waals surface area contributed by atoms with Gasteiger partial charge in [0.05, 0.1) is 0 Å². The van der Waals surface area contributed by atoms with Gasteiger partial charge in [0, 0.05) is 25.0 Å². The number of rotatable bonds is 5. The number of nitrogens with zero attached hydrogens (tertiary/aromatic N) is 1. The van der Waals surface area contributed by atoms with Crippen LogP contribution < -0.4 is 5.32 Å². The van der Waals surface area contributed by atoms with E-state index in [2.05, 4.69) is 43.0 Å². The summed E-state index contributed by atoms with van der Waals surface area (Å²) in [4.78, 5) is 7.39. The third kappa shape index (κ3) is 3.67. The van der Waals surface area contributed by atoms with E-state index < -0.39 is 0 Å². The number of H-pyrrole nitrogens is 1. The summed E-state index contributed by atoms with van der Waals surface area (Å²) in [6, 6.07) is 0. The van der Waals surface area contributed by atoms with Gasteiger partial charge in [-0.2, -0.15) is 0 Å². The van der Waals surface area contributed by atoms with E-state index >= 15 is 0 Å². The second-order valence-electron chi connectivity index (χ2n) is 5.24. The Morgan fingerprint density at radius 3 is 2.60 bits per heavy atom. The van der Waals surface area contributed by atoms with Crippen LogP contribution in [0.4, 0.5) is 0 Å². The molecule has 86 valence electrons. The smallest absolute Gasteiger partial charge is 0.103 e. The highest BCUT2D eigenvalue weighted by Gasteiger charge is 2.21. The fourth-order valence-corrected chi connectivity index (χ4v) is 1.28. The molecule has 0 aliphatic carbocycles. The molecule has 1 rings (SSSR count). The molecule has 0 aliphatic rings. The van der Waals surface area contributed by atoms with E-state index in [1.807, 2.05) is 13.1 Å². The Morgan fingerprint density at radius 2 is 2.13 bits per heavy atom. The van der Waals surface area contributed by atoms with E-state index in [-0.39, 0.29) is 0 Å². The molecule has 0 bridgehead atoms. The maximum Gasteiger partial charge on any atom is 0.103 e. The first kappa shape index (κ1) is 12.2. The number of aryl methyl sites for hydroxylation is 1. The SMILES string of the molecule is Cc1ncc(CNCC(C)(C)C(C)C)[nH]1.